The Balaban J connectivity index is 2.88. The molecule has 0 radical (unpaired) electrons. The Kier molecular flexibility index (Phi) is 11.1. The van der Waals surface area contributed by atoms with E-state index < -0.39 is 8.25 Å². The minimum absolute atomic E-state index is 0.417. The highest BCUT2D eigenvalue weighted by atomic mass is 31.1. The van der Waals surface area contributed by atoms with Crippen LogP contribution in [0.4, 0.5) is 0 Å². The van der Waals surface area contributed by atoms with E-state index in [1.165, 1.54) is 38.5 Å². The lowest BCUT2D eigenvalue weighted by molar-refractivity contribution is 0.273. The summed E-state index contributed by atoms with van der Waals surface area (Å²) in [5.74, 6) is 0. The average molecular weight is 221 g/mol. The van der Waals surface area contributed by atoms with E-state index in [9.17, 15) is 4.57 Å². The summed E-state index contributed by atoms with van der Waals surface area (Å²) in [5.41, 5.74) is 0. The third kappa shape index (κ3) is 12.0. The molecule has 0 aliphatic heterocycles. The first-order valence-corrected chi connectivity index (χ1v) is 6.69. The maximum atomic E-state index is 10.1. The lowest BCUT2D eigenvalue weighted by atomic mass is 10.1. The Labute approximate surface area is 87.8 Å². The molecule has 0 aromatic rings. The van der Waals surface area contributed by atoms with Crippen LogP contribution in [-0.2, 0) is 9.09 Å². The summed E-state index contributed by atoms with van der Waals surface area (Å²) in [7, 11) is -2.38. The Hall–Kier alpha value is 0.0200. The number of hydrogen-bond acceptors (Lipinski definition) is 2. The Morgan fingerprint density at radius 3 is 2.00 bits per heavy atom. The highest BCUT2D eigenvalue weighted by Crippen LogP contribution is 2.15. The zero-order chi connectivity index (χ0) is 10.6. The van der Waals surface area contributed by atoms with Crippen molar-refractivity contribution < 1.29 is 14.0 Å². The Bertz CT molecular complexity index is 139. The van der Waals surface area contributed by atoms with Gasteiger partial charge in [0.1, 0.15) is 6.61 Å². The van der Waals surface area contributed by atoms with Gasteiger partial charge in [-0.2, -0.15) is 0 Å². The van der Waals surface area contributed by atoms with Crippen LogP contribution in [0.1, 0.15) is 58.3 Å². The third-order valence-electron chi connectivity index (χ3n) is 2.20. The molecule has 0 fully saturated rings. The van der Waals surface area contributed by atoms with Crippen LogP contribution in [0.25, 0.3) is 0 Å². The zero-order valence-corrected chi connectivity index (χ0v) is 9.97. The van der Waals surface area contributed by atoms with Crippen LogP contribution >= 0.6 is 8.25 Å². The van der Waals surface area contributed by atoms with Gasteiger partial charge in [0.25, 0.3) is 0 Å². The quantitative estimate of drug-likeness (QED) is 0.451. The molecule has 0 aromatic heterocycles. The minimum Gasteiger partial charge on any atom is -0.133 e. The standard InChI is InChI=1S/C10H21O3P/c1-2-3-4-5-6-7-8-9-10-13-14(11)12/h2-10H2,1H3/p+1. The van der Waals surface area contributed by atoms with E-state index >= 15 is 0 Å². The molecule has 14 heavy (non-hydrogen) atoms. The van der Waals surface area contributed by atoms with Crippen molar-refractivity contribution in [2.45, 2.75) is 58.3 Å². The Morgan fingerprint density at radius 2 is 1.50 bits per heavy atom. The fraction of sp³-hybridized carbons (Fsp3) is 1.00. The molecule has 0 heterocycles. The molecular formula is C10H22O3P+. The van der Waals surface area contributed by atoms with Crippen molar-refractivity contribution in [3.05, 3.63) is 0 Å². The molecule has 0 spiro atoms. The van der Waals surface area contributed by atoms with Crippen LogP contribution in [0.15, 0.2) is 0 Å². The topological polar surface area (TPSA) is 46.5 Å². The summed E-state index contributed by atoms with van der Waals surface area (Å²) in [6, 6.07) is 0. The van der Waals surface area contributed by atoms with Gasteiger partial charge in [0.05, 0.1) is 0 Å². The van der Waals surface area contributed by atoms with Crippen molar-refractivity contribution in [2.24, 2.45) is 0 Å². The first-order chi connectivity index (χ1) is 6.77. The summed E-state index contributed by atoms with van der Waals surface area (Å²) in [6.45, 7) is 2.63. The fourth-order valence-electron chi connectivity index (χ4n) is 1.38. The second-order valence-electron chi connectivity index (χ2n) is 3.55. The molecule has 0 aliphatic carbocycles. The van der Waals surface area contributed by atoms with Crippen LogP contribution in [0.3, 0.4) is 0 Å². The van der Waals surface area contributed by atoms with Crippen molar-refractivity contribution >= 4 is 8.25 Å². The second kappa shape index (κ2) is 11.1. The van der Waals surface area contributed by atoms with Gasteiger partial charge in [-0.15, -0.1) is 9.42 Å². The molecule has 3 nitrogen and oxygen atoms in total. The van der Waals surface area contributed by atoms with Gasteiger partial charge in [-0.05, 0) is 6.42 Å². The minimum atomic E-state index is -2.38. The maximum absolute atomic E-state index is 10.1. The summed E-state index contributed by atoms with van der Waals surface area (Å²) in [6.07, 6.45) is 9.80. The van der Waals surface area contributed by atoms with Gasteiger partial charge in [0, 0.05) is 4.57 Å². The monoisotopic (exact) mass is 221 g/mol. The van der Waals surface area contributed by atoms with Crippen molar-refractivity contribution in [1.29, 1.82) is 0 Å². The number of hydrogen-bond donors (Lipinski definition) is 1. The van der Waals surface area contributed by atoms with E-state index in [1.54, 1.807) is 0 Å². The van der Waals surface area contributed by atoms with Crippen molar-refractivity contribution in [1.82, 2.24) is 0 Å². The molecule has 0 amide bonds. The zero-order valence-electron chi connectivity index (χ0n) is 9.07. The van der Waals surface area contributed by atoms with Gasteiger partial charge >= 0.3 is 8.25 Å². The maximum Gasteiger partial charge on any atom is 0.694 e. The van der Waals surface area contributed by atoms with E-state index in [0.717, 1.165) is 12.8 Å². The van der Waals surface area contributed by atoms with Crippen LogP contribution in [0.2, 0.25) is 0 Å². The molecule has 0 bridgehead atoms. The van der Waals surface area contributed by atoms with Gasteiger partial charge < -0.3 is 0 Å². The summed E-state index contributed by atoms with van der Waals surface area (Å²) in [5, 5.41) is 0. The highest BCUT2D eigenvalue weighted by Gasteiger charge is 2.09. The van der Waals surface area contributed by atoms with Crippen LogP contribution in [0, 0.1) is 0 Å². The molecule has 1 N–H and O–H groups in total. The Morgan fingerprint density at radius 1 is 1.00 bits per heavy atom. The van der Waals surface area contributed by atoms with Gasteiger partial charge in [-0.3, -0.25) is 0 Å². The average Bonchev–Trinajstić information content (AvgIpc) is 2.15. The summed E-state index contributed by atoms with van der Waals surface area (Å²) < 4.78 is 14.7. The van der Waals surface area contributed by atoms with Crippen molar-refractivity contribution in [2.75, 3.05) is 6.61 Å². The second-order valence-corrected chi connectivity index (χ2v) is 4.28. The van der Waals surface area contributed by atoms with E-state index in [2.05, 4.69) is 11.4 Å². The van der Waals surface area contributed by atoms with E-state index in [1.807, 2.05) is 0 Å². The van der Waals surface area contributed by atoms with Crippen LogP contribution < -0.4 is 0 Å². The first-order valence-electron chi connectivity index (χ1n) is 5.56. The van der Waals surface area contributed by atoms with E-state index in [4.69, 9.17) is 4.89 Å². The van der Waals surface area contributed by atoms with Crippen molar-refractivity contribution in [3.63, 3.8) is 0 Å². The molecule has 0 saturated carbocycles. The molecule has 1 unspecified atom stereocenters. The molecule has 4 heteroatoms. The molecule has 0 saturated heterocycles. The highest BCUT2D eigenvalue weighted by molar-refractivity contribution is 7.32. The van der Waals surface area contributed by atoms with E-state index in [0.29, 0.717) is 6.61 Å². The van der Waals surface area contributed by atoms with Crippen LogP contribution in [0.5, 0.6) is 0 Å². The predicted octanol–water partition coefficient (Wildman–Crippen LogP) is 3.79. The molecule has 0 aromatic carbocycles. The fourth-order valence-corrected chi connectivity index (χ4v) is 1.66. The predicted molar refractivity (Wildman–Crippen MR) is 58.4 cm³/mol. The van der Waals surface area contributed by atoms with Crippen LogP contribution in [-0.4, -0.2) is 11.5 Å². The summed E-state index contributed by atoms with van der Waals surface area (Å²) in [4.78, 5) is 8.34. The number of unbranched alkanes of at least 4 members (excludes halogenated alkanes) is 7. The molecular weight excluding hydrogens is 199 g/mol. The first kappa shape index (κ1) is 14.0. The molecule has 84 valence electrons. The smallest absolute Gasteiger partial charge is 0.133 e. The van der Waals surface area contributed by atoms with Gasteiger partial charge in [0.2, 0.25) is 0 Å². The molecule has 1 atom stereocenters. The third-order valence-corrected chi connectivity index (χ3v) is 2.60. The molecule has 0 aliphatic rings. The SMILES string of the molecule is CCCCCCCCCCO[P+](=O)O. The largest absolute Gasteiger partial charge is 0.694 e. The summed E-state index contributed by atoms with van der Waals surface area (Å²) >= 11 is 0. The van der Waals surface area contributed by atoms with Gasteiger partial charge in [-0.25, -0.2) is 0 Å². The van der Waals surface area contributed by atoms with E-state index in [-0.39, 0.29) is 0 Å². The van der Waals surface area contributed by atoms with Gasteiger partial charge in [-0.1, -0.05) is 51.9 Å². The lowest BCUT2D eigenvalue weighted by Crippen LogP contribution is -1.87. The van der Waals surface area contributed by atoms with Gasteiger partial charge in [0.15, 0.2) is 0 Å². The molecule has 0 rings (SSSR count). The lowest BCUT2D eigenvalue weighted by Gasteiger charge is -1.98. The normalized spacial score (nSPS) is 11.7. The van der Waals surface area contributed by atoms with Crippen molar-refractivity contribution in [3.8, 4) is 0 Å². The number of rotatable bonds is 10.